The predicted octanol–water partition coefficient (Wildman–Crippen LogP) is 1.55. The van der Waals surface area contributed by atoms with Crippen LogP contribution in [-0.4, -0.2) is 30.6 Å². The highest BCUT2D eigenvalue weighted by atomic mass is 32.1. The molecular weight excluding hydrogens is 274 g/mol. The number of nitrogens with two attached hydrogens (primary N) is 1. The summed E-state index contributed by atoms with van der Waals surface area (Å²) in [5.41, 5.74) is 9.88. The molecule has 0 aromatic heterocycles. The maximum Gasteiger partial charge on any atom is 0.184 e. The summed E-state index contributed by atoms with van der Waals surface area (Å²) in [4.78, 5) is 0. The van der Waals surface area contributed by atoms with Crippen LogP contribution in [0.25, 0.3) is 0 Å². The fraction of sp³-hybridized carbons (Fsp3) is 0.429. The van der Waals surface area contributed by atoms with E-state index in [-0.39, 0.29) is 11.2 Å². The molecule has 0 spiro atoms. The first-order valence-electron chi connectivity index (χ1n) is 6.61. The molecule has 1 saturated heterocycles. The van der Waals surface area contributed by atoms with Crippen molar-refractivity contribution in [2.24, 2.45) is 10.8 Å². The van der Waals surface area contributed by atoms with Crippen LogP contribution < -0.4 is 11.2 Å². The number of nitrogens with zero attached hydrogens (tertiary/aromatic N) is 1. The highest BCUT2D eigenvalue weighted by Crippen LogP contribution is 2.13. The lowest BCUT2D eigenvalue weighted by atomic mass is 10.1. The van der Waals surface area contributed by atoms with Crippen molar-refractivity contribution in [2.45, 2.75) is 25.6 Å². The molecule has 3 N–H and O–H groups in total. The fourth-order valence-corrected chi connectivity index (χ4v) is 2.07. The van der Waals surface area contributed by atoms with Crippen LogP contribution in [0.1, 0.15) is 24.0 Å². The second-order valence-corrected chi connectivity index (χ2v) is 5.07. The van der Waals surface area contributed by atoms with Gasteiger partial charge in [0.05, 0.1) is 25.5 Å². The quantitative estimate of drug-likeness (QED) is 0.473. The lowest BCUT2D eigenvalue weighted by molar-refractivity contribution is 0.0106. The van der Waals surface area contributed by atoms with Crippen molar-refractivity contribution in [3.63, 3.8) is 0 Å². The average Bonchev–Trinajstić information content (AvgIpc) is 2.92. The van der Waals surface area contributed by atoms with Crippen LogP contribution in [0.4, 0.5) is 0 Å². The molecule has 6 heteroatoms. The Balaban J connectivity index is 1.79. The third-order valence-electron chi connectivity index (χ3n) is 2.94. The SMILES string of the molecule is NC(=S)NN=Cc1cccc(COCC2CCCO2)c1. The lowest BCUT2D eigenvalue weighted by Gasteiger charge is -2.10. The minimum Gasteiger partial charge on any atom is -0.376 e. The van der Waals surface area contributed by atoms with E-state index >= 15 is 0 Å². The van der Waals surface area contributed by atoms with Gasteiger partial charge in [0.2, 0.25) is 0 Å². The van der Waals surface area contributed by atoms with Gasteiger partial charge in [-0.25, -0.2) is 0 Å². The third kappa shape index (κ3) is 5.24. The van der Waals surface area contributed by atoms with Gasteiger partial charge in [0.25, 0.3) is 0 Å². The molecule has 1 unspecified atom stereocenters. The van der Waals surface area contributed by atoms with E-state index in [4.69, 9.17) is 15.2 Å². The molecular formula is C14H19N3O2S. The normalized spacial score (nSPS) is 18.5. The Bertz CT molecular complexity index is 473. The Labute approximate surface area is 124 Å². The Kier molecular flexibility index (Phi) is 5.91. The van der Waals surface area contributed by atoms with Gasteiger partial charge in [-0.3, -0.25) is 5.43 Å². The number of nitrogens with one attached hydrogen (secondary N) is 1. The van der Waals surface area contributed by atoms with Crippen molar-refractivity contribution in [3.05, 3.63) is 35.4 Å². The van der Waals surface area contributed by atoms with Crippen LogP contribution in [0.2, 0.25) is 0 Å². The molecule has 1 heterocycles. The number of thiocarbonyl (C=S) groups is 1. The maximum atomic E-state index is 5.68. The van der Waals surface area contributed by atoms with Crippen LogP contribution in [-0.2, 0) is 16.1 Å². The zero-order valence-corrected chi connectivity index (χ0v) is 12.1. The van der Waals surface area contributed by atoms with Gasteiger partial charge in [-0.05, 0) is 42.3 Å². The zero-order valence-electron chi connectivity index (χ0n) is 11.2. The summed E-state index contributed by atoms with van der Waals surface area (Å²) < 4.78 is 11.2. The Hall–Kier alpha value is -1.50. The summed E-state index contributed by atoms with van der Waals surface area (Å²) in [7, 11) is 0. The summed E-state index contributed by atoms with van der Waals surface area (Å²) in [6, 6.07) is 7.95. The van der Waals surface area contributed by atoms with Crippen molar-refractivity contribution >= 4 is 23.5 Å². The molecule has 20 heavy (non-hydrogen) atoms. The van der Waals surface area contributed by atoms with E-state index < -0.39 is 0 Å². The summed E-state index contributed by atoms with van der Waals surface area (Å²) in [5, 5.41) is 4.07. The standard InChI is InChI=1S/C14H19N3O2S/c15-14(20)17-16-8-11-3-1-4-12(7-11)9-18-10-13-5-2-6-19-13/h1,3-4,7-8,13H,2,5-6,9-10H2,(H3,15,17,20). The summed E-state index contributed by atoms with van der Waals surface area (Å²) in [5.74, 6) is 0. The minimum atomic E-state index is 0.150. The number of ether oxygens (including phenoxy) is 2. The summed E-state index contributed by atoms with van der Waals surface area (Å²) >= 11 is 4.67. The maximum absolute atomic E-state index is 5.68. The first kappa shape index (κ1) is 14.9. The van der Waals surface area contributed by atoms with E-state index in [9.17, 15) is 0 Å². The van der Waals surface area contributed by atoms with Gasteiger partial charge in [0, 0.05) is 6.61 Å². The molecule has 1 aromatic rings. The molecule has 5 nitrogen and oxygen atoms in total. The van der Waals surface area contributed by atoms with E-state index in [1.807, 2.05) is 24.3 Å². The van der Waals surface area contributed by atoms with Gasteiger partial charge < -0.3 is 15.2 Å². The Morgan fingerprint density at radius 1 is 1.60 bits per heavy atom. The van der Waals surface area contributed by atoms with E-state index in [2.05, 4.69) is 22.7 Å². The van der Waals surface area contributed by atoms with Gasteiger partial charge in [-0.2, -0.15) is 5.10 Å². The van der Waals surface area contributed by atoms with Gasteiger partial charge in [-0.1, -0.05) is 18.2 Å². The number of hydrazone groups is 1. The van der Waals surface area contributed by atoms with Gasteiger partial charge >= 0.3 is 0 Å². The predicted molar refractivity (Wildman–Crippen MR) is 82.6 cm³/mol. The molecule has 1 aliphatic heterocycles. The van der Waals surface area contributed by atoms with Crippen molar-refractivity contribution in [1.29, 1.82) is 0 Å². The fourth-order valence-electron chi connectivity index (χ4n) is 2.02. The third-order valence-corrected chi connectivity index (χ3v) is 3.03. The number of benzene rings is 1. The largest absolute Gasteiger partial charge is 0.376 e. The smallest absolute Gasteiger partial charge is 0.184 e. The van der Waals surface area contributed by atoms with Gasteiger partial charge in [0.1, 0.15) is 0 Å². The first-order chi connectivity index (χ1) is 9.74. The van der Waals surface area contributed by atoms with Crippen LogP contribution >= 0.6 is 12.2 Å². The van der Waals surface area contributed by atoms with Crippen LogP contribution in [0.15, 0.2) is 29.4 Å². The molecule has 2 rings (SSSR count). The lowest BCUT2D eigenvalue weighted by Crippen LogP contribution is -2.23. The van der Waals surface area contributed by atoms with Gasteiger partial charge in [0.15, 0.2) is 5.11 Å². The molecule has 0 radical (unpaired) electrons. The molecule has 0 saturated carbocycles. The van der Waals surface area contributed by atoms with Crippen LogP contribution in [0.3, 0.4) is 0 Å². The van der Waals surface area contributed by atoms with E-state index in [0.717, 1.165) is 30.6 Å². The Morgan fingerprint density at radius 3 is 3.25 bits per heavy atom. The summed E-state index contributed by atoms with van der Waals surface area (Å²) in [6.45, 7) is 2.08. The zero-order chi connectivity index (χ0) is 14.2. The number of hydrogen-bond donors (Lipinski definition) is 2. The van der Waals surface area contributed by atoms with Crippen LogP contribution in [0.5, 0.6) is 0 Å². The highest BCUT2D eigenvalue weighted by molar-refractivity contribution is 7.80. The highest BCUT2D eigenvalue weighted by Gasteiger charge is 2.15. The van der Waals surface area contributed by atoms with Crippen molar-refractivity contribution in [2.75, 3.05) is 13.2 Å². The Morgan fingerprint density at radius 2 is 2.50 bits per heavy atom. The molecule has 0 aliphatic carbocycles. The van der Waals surface area contributed by atoms with E-state index in [1.54, 1.807) is 6.21 Å². The number of hydrogen-bond acceptors (Lipinski definition) is 4. The average molecular weight is 293 g/mol. The first-order valence-corrected chi connectivity index (χ1v) is 7.01. The monoisotopic (exact) mass is 293 g/mol. The molecule has 1 aromatic carbocycles. The number of rotatable bonds is 6. The van der Waals surface area contributed by atoms with Crippen LogP contribution in [0, 0.1) is 0 Å². The van der Waals surface area contributed by atoms with E-state index in [0.29, 0.717) is 13.2 Å². The topological polar surface area (TPSA) is 68.9 Å². The molecule has 0 bridgehead atoms. The molecule has 1 aliphatic rings. The second-order valence-electron chi connectivity index (χ2n) is 4.63. The van der Waals surface area contributed by atoms with Gasteiger partial charge in [-0.15, -0.1) is 0 Å². The van der Waals surface area contributed by atoms with Crippen molar-refractivity contribution < 1.29 is 9.47 Å². The van der Waals surface area contributed by atoms with E-state index in [1.165, 1.54) is 0 Å². The second kappa shape index (κ2) is 7.94. The summed E-state index contributed by atoms with van der Waals surface area (Å²) in [6.07, 6.45) is 4.16. The molecule has 1 atom stereocenters. The molecule has 1 fully saturated rings. The molecule has 0 amide bonds. The van der Waals surface area contributed by atoms with Crippen molar-refractivity contribution in [3.8, 4) is 0 Å². The minimum absolute atomic E-state index is 0.150. The molecule has 108 valence electrons. The van der Waals surface area contributed by atoms with Crippen molar-refractivity contribution in [1.82, 2.24) is 5.43 Å².